The highest BCUT2D eigenvalue weighted by Gasteiger charge is 2.56. The molecule has 0 aromatic heterocycles. The summed E-state index contributed by atoms with van der Waals surface area (Å²) in [5.41, 5.74) is 1.85. The first-order valence-electron chi connectivity index (χ1n) is 8.73. The van der Waals surface area contributed by atoms with Crippen molar-refractivity contribution in [3.63, 3.8) is 0 Å². The third-order valence-electron chi connectivity index (χ3n) is 6.09. The Labute approximate surface area is 153 Å². The van der Waals surface area contributed by atoms with Gasteiger partial charge in [-0.1, -0.05) is 31.7 Å². The number of benzene rings is 1. The van der Waals surface area contributed by atoms with Gasteiger partial charge >= 0.3 is 0 Å². The molecular formula is C22H24O4. The van der Waals surface area contributed by atoms with Gasteiger partial charge in [0.2, 0.25) is 0 Å². The lowest BCUT2D eigenvalue weighted by molar-refractivity contribution is -0.138. The number of fused-ring (bicyclic) bond motifs is 1. The molecule has 0 fully saturated rings. The SMILES string of the molecule is C=CC1=CC[C@H]2C(=O)C(C)=C(C)C(=O)[C@@]2(C)[C@H]1c1ccc(O)cc1OC. The van der Waals surface area contributed by atoms with Gasteiger partial charge in [-0.05, 0) is 43.1 Å². The topological polar surface area (TPSA) is 63.6 Å². The Bertz CT molecular complexity index is 874. The fourth-order valence-corrected chi connectivity index (χ4v) is 4.50. The van der Waals surface area contributed by atoms with Gasteiger partial charge in [-0.25, -0.2) is 0 Å². The second-order valence-corrected chi connectivity index (χ2v) is 7.28. The minimum atomic E-state index is -0.913. The Kier molecular flexibility index (Phi) is 4.39. The summed E-state index contributed by atoms with van der Waals surface area (Å²) in [5, 5.41) is 9.81. The molecule has 0 heterocycles. The number of phenols is 1. The number of methoxy groups -OCH3 is 1. The smallest absolute Gasteiger partial charge is 0.166 e. The zero-order valence-electron chi connectivity index (χ0n) is 15.6. The van der Waals surface area contributed by atoms with Crippen LogP contribution in [0.2, 0.25) is 0 Å². The third-order valence-corrected chi connectivity index (χ3v) is 6.09. The highest BCUT2D eigenvalue weighted by Crippen LogP contribution is 2.57. The maximum atomic E-state index is 13.4. The number of ketones is 2. The van der Waals surface area contributed by atoms with Gasteiger partial charge in [0.1, 0.15) is 11.5 Å². The van der Waals surface area contributed by atoms with Gasteiger partial charge in [0.15, 0.2) is 11.6 Å². The minimum Gasteiger partial charge on any atom is -0.508 e. The quantitative estimate of drug-likeness (QED) is 0.889. The van der Waals surface area contributed by atoms with E-state index in [1.165, 1.54) is 13.2 Å². The van der Waals surface area contributed by atoms with Crippen LogP contribution in [0.5, 0.6) is 11.5 Å². The number of phenolic OH excluding ortho intramolecular Hbond substituents is 1. The first-order valence-corrected chi connectivity index (χ1v) is 8.73. The van der Waals surface area contributed by atoms with E-state index in [4.69, 9.17) is 4.74 Å². The van der Waals surface area contributed by atoms with E-state index < -0.39 is 11.3 Å². The maximum absolute atomic E-state index is 13.4. The zero-order valence-corrected chi connectivity index (χ0v) is 15.6. The van der Waals surface area contributed by atoms with Crippen LogP contribution in [-0.4, -0.2) is 23.8 Å². The largest absolute Gasteiger partial charge is 0.508 e. The highest BCUT2D eigenvalue weighted by atomic mass is 16.5. The first kappa shape index (κ1) is 18.2. The summed E-state index contributed by atoms with van der Waals surface area (Å²) in [4.78, 5) is 26.4. The molecule has 2 aliphatic rings. The highest BCUT2D eigenvalue weighted by molar-refractivity contribution is 6.15. The molecular weight excluding hydrogens is 328 g/mol. The van der Waals surface area contributed by atoms with Crippen molar-refractivity contribution in [1.82, 2.24) is 0 Å². The van der Waals surface area contributed by atoms with Crippen molar-refractivity contribution in [1.29, 1.82) is 0 Å². The van der Waals surface area contributed by atoms with Gasteiger partial charge in [-0.2, -0.15) is 0 Å². The standard InChI is InChI=1S/C22H24O4/c1-6-14-7-10-17-20(24)12(2)13(3)21(25)22(17,4)19(14)16-9-8-15(23)11-18(16)26-5/h6-9,11,17,19,23H,1,10H2,2-5H3/t17-,19+,22+/m0/s1. The number of ether oxygens (including phenoxy) is 1. The molecule has 1 aromatic carbocycles. The van der Waals surface area contributed by atoms with Crippen LogP contribution in [-0.2, 0) is 9.59 Å². The van der Waals surface area contributed by atoms with E-state index in [-0.39, 0.29) is 23.2 Å². The van der Waals surface area contributed by atoms with Crippen molar-refractivity contribution in [2.24, 2.45) is 11.3 Å². The molecule has 1 N–H and O–H groups in total. The Morgan fingerprint density at radius 3 is 2.58 bits per heavy atom. The van der Waals surface area contributed by atoms with Crippen molar-refractivity contribution in [3.05, 3.63) is 59.2 Å². The lowest BCUT2D eigenvalue weighted by Crippen LogP contribution is -2.51. The molecule has 4 heteroatoms. The van der Waals surface area contributed by atoms with Gasteiger partial charge in [0.05, 0.1) is 12.5 Å². The van der Waals surface area contributed by atoms with E-state index in [2.05, 4.69) is 6.58 Å². The molecule has 0 radical (unpaired) electrons. The molecule has 0 amide bonds. The summed E-state index contributed by atoms with van der Waals surface area (Å²) in [6.45, 7) is 9.25. The van der Waals surface area contributed by atoms with Crippen molar-refractivity contribution in [2.45, 2.75) is 33.1 Å². The Morgan fingerprint density at radius 1 is 1.27 bits per heavy atom. The zero-order chi connectivity index (χ0) is 19.2. The van der Waals surface area contributed by atoms with Crippen molar-refractivity contribution < 1.29 is 19.4 Å². The number of aromatic hydroxyl groups is 1. The molecule has 0 aliphatic heterocycles. The Morgan fingerprint density at radius 2 is 1.96 bits per heavy atom. The van der Waals surface area contributed by atoms with Crippen LogP contribution in [0.1, 0.15) is 38.7 Å². The van der Waals surface area contributed by atoms with Gasteiger partial charge < -0.3 is 9.84 Å². The molecule has 136 valence electrons. The van der Waals surface area contributed by atoms with E-state index in [1.54, 1.807) is 32.1 Å². The molecule has 2 aliphatic carbocycles. The molecule has 3 atom stereocenters. The number of rotatable bonds is 3. The van der Waals surface area contributed by atoms with E-state index >= 15 is 0 Å². The van der Waals surface area contributed by atoms with Crippen LogP contribution in [0.3, 0.4) is 0 Å². The summed E-state index contributed by atoms with van der Waals surface area (Å²) in [6, 6.07) is 4.88. The number of Topliss-reactive ketones (excluding diaryl/α,β-unsaturated/α-hetero) is 2. The van der Waals surface area contributed by atoms with Gasteiger partial charge in [-0.3, -0.25) is 9.59 Å². The third kappa shape index (κ3) is 2.36. The van der Waals surface area contributed by atoms with Crippen LogP contribution >= 0.6 is 0 Å². The van der Waals surface area contributed by atoms with Crippen molar-refractivity contribution in [3.8, 4) is 11.5 Å². The van der Waals surface area contributed by atoms with Crippen molar-refractivity contribution >= 4 is 11.6 Å². The number of carbonyl (C=O) groups is 2. The Hall–Kier alpha value is -2.62. The fraction of sp³-hybridized carbons (Fsp3) is 0.364. The lowest BCUT2D eigenvalue weighted by Gasteiger charge is -2.48. The summed E-state index contributed by atoms with van der Waals surface area (Å²) in [7, 11) is 1.53. The minimum absolute atomic E-state index is 0.00724. The second kappa shape index (κ2) is 6.27. The monoisotopic (exact) mass is 352 g/mol. The predicted molar refractivity (Wildman–Crippen MR) is 100 cm³/mol. The molecule has 0 saturated heterocycles. The van der Waals surface area contributed by atoms with E-state index in [9.17, 15) is 14.7 Å². The molecule has 0 unspecified atom stereocenters. The fourth-order valence-electron chi connectivity index (χ4n) is 4.50. The summed E-state index contributed by atoms with van der Waals surface area (Å²) < 4.78 is 5.48. The van der Waals surface area contributed by atoms with Gasteiger partial charge in [0.25, 0.3) is 0 Å². The van der Waals surface area contributed by atoms with Crippen LogP contribution < -0.4 is 4.74 Å². The Balaban J connectivity index is 2.30. The first-order chi connectivity index (χ1) is 12.3. The molecule has 1 aromatic rings. The second-order valence-electron chi connectivity index (χ2n) is 7.28. The van der Waals surface area contributed by atoms with E-state index in [0.29, 0.717) is 23.3 Å². The summed E-state index contributed by atoms with van der Waals surface area (Å²) in [5.74, 6) is -0.169. The summed E-state index contributed by atoms with van der Waals surface area (Å²) >= 11 is 0. The number of carbonyl (C=O) groups excluding carboxylic acids is 2. The van der Waals surface area contributed by atoms with Crippen LogP contribution in [0, 0.1) is 11.3 Å². The van der Waals surface area contributed by atoms with Crippen LogP contribution in [0.4, 0.5) is 0 Å². The lowest BCUT2D eigenvalue weighted by atomic mass is 9.52. The molecule has 3 rings (SSSR count). The van der Waals surface area contributed by atoms with E-state index in [0.717, 1.165) is 11.1 Å². The average molecular weight is 352 g/mol. The molecule has 0 saturated carbocycles. The molecule has 0 bridgehead atoms. The normalized spacial score (nSPS) is 28.5. The molecule has 4 nitrogen and oxygen atoms in total. The number of allylic oxidation sites excluding steroid dienone is 5. The van der Waals surface area contributed by atoms with E-state index in [1.807, 2.05) is 13.0 Å². The van der Waals surface area contributed by atoms with Gasteiger partial charge in [-0.15, -0.1) is 0 Å². The number of hydrogen-bond donors (Lipinski definition) is 1. The molecule has 26 heavy (non-hydrogen) atoms. The summed E-state index contributed by atoms with van der Waals surface area (Å²) in [6.07, 6.45) is 4.26. The van der Waals surface area contributed by atoms with Crippen molar-refractivity contribution in [2.75, 3.05) is 7.11 Å². The average Bonchev–Trinajstić information content (AvgIpc) is 2.64. The van der Waals surface area contributed by atoms with Gasteiger partial charge in [0, 0.05) is 23.5 Å². The van der Waals surface area contributed by atoms with Crippen LogP contribution in [0.25, 0.3) is 0 Å². The maximum Gasteiger partial charge on any atom is 0.166 e. The molecule has 0 spiro atoms. The number of hydrogen-bond acceptors (Lipinski definition) is 4. The predicted octanol–water partition coefficient (Wildman–Crippen LogP) is 4.11. The van der Waals surface area contributed by atoms with Crippen LogP contribution in [0.15, 0.2) is 53.6 Å².